The SMILES string of the molecule is C.CC(=O)O[C@H]1C(=O)[C@@]2(C)[C@H]([C@H](OC(=O)c3ccccc3)[C@]3(O)CC(OC(=O)[C@H](O)[C@@H](CC(=O)c4ccccc4)c4ccccc4)C(C)=C1C3(C)C)[C@]1(OC(C)=O)CO[C@@H]1C[C@@H]2O.CC(=O)O[C@H]1C(=O)[C@@]2(C)[C@H]([C@H](OC(=O)c3ccccc3)[C@]3(O)CC(OC(=O)[C@H](OC(=O)c4ccccc4)[C@@H](N)c4ccccc4)C(C)=C1C3(C)C)[C@]1(OC(C)=O)CO[C@@H]1C[C@@H]2O.O. The summed E-state index contributed by atoms with van der Waals surface area (Å²) < 4.78 is 66.6. The molecule has 0 radical (unpaired) electrons. The van der Waals surface area contributed by atoms with Gasteiger partial charge in [0, 0.05) is 82.1 Å². The minimum Gasteiger partial charge on any atom is -0.456 e. The second kappa shape index (κ2) is 36.6. The van der Waals surface area contributed by atoms with Gasteiger partial charge in [-0.1, -0.05) is 181 Å². The molecule has 4 bridgehead atoms. The number of aliphatic hydroxyl groups excluding tert-OH is 3. The average Bonchev–Trinajstić information content (AvgIpc) is 0.671. The lowest BCUT2D eigenvalue weighted by Crippen LogP contribution is -2.82. The van der Waals surface area contributed by atoms with Gasteiger partial charge in [-0.05, 0) is 97.5 Å². The van der Waals surface area contributed by atoms with E-state index in [4.69, 9.17) is 57.8 Å². The summed E-state index contributed by atoms with van der Waals surface area (Å²) in [6, 6.07) is 47.7. The van der Waals surface area contributed by atoms with Gasteiger partial charge in [0.2, 0.25) is 6.10 Å². The fourth-order valence-electron chi connectivity index (χ4n) is 20.5. The molecular formula is C96H109NO29. The van der Waals surface area contributed by atoms with E-state index in [0.717, 1.165) is 27.7 Å². The Kier molecular flexibility index (Phi) is 27.7. The Labute approximate surface area is 728 Å². The van der Waals surface area contributed by atoms with Crippen molar-refractivity contribution in [1.29, 1.82) is 0 Å². The molecular weight excluding hydrogens is 1630 g/mol. The minimum atomic E-state index is -2.38. The van der Waals surface area contributed by atoms with Crippen molar-refractivity contribution in [2.24, 2.45) is 39.2 Å². The molecule has 6 aliphatic carbocycles. The summed E-state index contributed by atoms with van der Waals surface area (Å²) in [7, 11) is 0. The van der Waals surface area contributed by atoms with E-state index in [-0.39, 0.29) is 90.1 Å². The molecule has 22 atom stereocenters. The summed E-state index contributed by atoms with van der Waals surface area (Å²) in [5, 5.41) is 63.4. The van der Waals surface area contributed by atoms with Crippen molar-refractivity contribution >= 4 is 71.1 Å². The third kappa shape index (κ3) is 16.6. The maximum absolute atomic E-state index is 15.5. The molecule has 6 aromatic rings. The molecule has 8 aliphatic rings. The highest BCUT2D eigenvalue weighted by atomic mass is 16.7. The Balaban J connectivity index is 0.000000241. The molecule has 9 N–H and O–H groups in total. The van der Waals surface area contributed by atoms with Gasteiger partial charge in [0.25, 0.3) is 0 Å². The van der Waals surface area contributed by atoms with Crippen LogP contribution in [0, 0.1) is 33.5 Å². The predicted octanol–water partition coefficient (Wildman–Crippen LogP) is 8.56. The lowest BCUT2D eigenvalue weighted by molar-refractivity contribution is -0.346. The molecule has 672 valence electrons. The first-order valence-electron chi connectivity index (χ1n) is 41.1. The number of aliphatic hydroxyl groups is 5. The van der Waals surface area contributed by atoms with Crippen LogP contribution >= 0.6 is 0 Å². The van der Waals surface area contributed by atoms with Crippen molar-refractivity contribution in [3.63, 3.8) is 0 Å². The van der Waals surface area contributed by atoms with Crippen molar-refractivity contribution in [2.75, 3.05) is 13.2 Å². The number of hydrogen-bond acceptors (Lipinski definition) is 29. The number of rotatable bonds is 21. The van der Waals surface area contributed by atoms with Gasteiger partial charge in [0.15, 0.2) is 46.9 Å². The van der Waals surface area contributed by atoms with Crippen LogP contribution in [0.1, 0.15) is 187 Å². The largest absolute Gasteiger partial charge is 0.456 e. The zero-order valence-electron chi connectivity index (χ0n) is 71.2. The number of nitrogens with two attached hydrogens (primary N) is 1. The maximum Gasteiger partial charge on any atom is 0.350 e. The average molecular weight is 1740 g/mol. The molecule has 6 fully saturated rings. The molecule has 0 aromatic heterocycles. The smallest absolute Gasteiger partial charge is 0.350 e. The van der Waals surface area contributed by atoms with Gasteiger partial charge in [-0.2, -0.15) is 0 Å². The first-order valence-corrected chi connectivity index (χ1v) is 41.1. The first kappa shape index (κ1) is 95.3. The van der Waals surface area contributed by atoms with Gasteiger partial charge in [0.05, 0.1) is 70.8 Å². The fraction of sp³-hybridized carbons (Fsp3) is 0.458. The molecule has 6 aromatic carbocycles. The molecule has 14 rings (SSSR count). The number of esters is 9. The van der Waals surface area contributed by atoms with E-state index in [1.54, 1.807) is 180 Å². The summed E-state index contributed by atoms with van der Waals surface area (Å²) in [6.07, 6.45) is -20.8. The first-order chi connectivity index (χ1) is 58.5. The van der Waals surface area contributed by atoms with Crippen LogP contribution in [0.25, 0.3) is 0 Å². The molecule has 30 heteroatoms. The standard InChI is InChI=1S/C48H52O14.C47H51NO14.CH4.H2O/c1-26-34(60-44(56)38(53)32(29-16-10-7-11-17-29)22-33(51)30-18-12-8-13-19-30)24-48(57)42(61-43(55)31-20-14-9-15-21-31)40-46(6,35(52)23-36-47(40,25-58-36)62-28(3)50)41(54)39(59-27(2)49)37(26)45(48,4)5;1-25-31(59-43(55)37(35(48)28-16-10-7-11-17-28)60-41(53)29-18-12-8-13-19-29)23-47(56)40(61-42(54)30-20-14-9-15-21-30)38-45(6,32(51)22-33-46(38,24-57-33)62-27(3)50)39(52)36(58-26(2)49)34(25)44(47,4)5;;/h7-21,32,34-36,38-40,42,52-53,57H,22-25H2,1-6H3;7-21,31-33,35-38,40,51,56H,22-24,48H2,1-6H3;1H4;1H2/t32-,34?,35-,36+,38+,39+,40-,42-,46+,47-,48+;31?,32-,33+,35-,36+,37+,38-,40-,45+,46-,47+;;/m00../s1. The number of benzene rings is 6. The zero-order chi connectivity index (χ0) is 89.9. The van der Waals surface area contributed by atoms with Crippen LogP contribution in [0.4, 0.5) is 0 Å². The summed E-state index contributed by atoms with van der Waals surface area (Å²) in [5.41, 5.74) is -7.09. The summed E-state index contributed by atoms with van der Waals surface area (Å²) in [5.74, 6) is -14.6. The molecule has 0 amide bonds. The van der Waals surface area contributed by atoms with Gasteiger partial charge in [-0.15, -0.1) is 0 Å². The highest BCUT2D eigenvalue weighted by Gasteiger charge is 2.81. The third-order valence-corrected chi connectivity index (χ3v) is 27.2. The van der Waals surface area contributed by atoms with Crippen LogP contribution in [-0.2, 0) is 90.5 Å². The zero-order valence-corrected chi connectivity index (χ0v) is 71.2. The number of Topliss-reactive ketones (excluding diaryl/α,β-unsaturated/α-hetero) is 3. The van der Waals surface area contributed by atoms with E-state index in [1.165, 1.54) is 57.2 Å². The third-order valence-electron chi connectivity index (χ3n) is 27.2. The van der Waals surface area contributed by atoms with Gasteiger partial charge in [-0.3, -0.25) is 33.6 Å². The summed E-state index contributed by atoms with van der Waals surface area (Å²) in [6.45, 7) is 16.1. The molecule has 2 unspecified atom stereocenters. The monoisotopic (exact) mass is 1740 g/mol. The van der Waals surface area contributed by atoms with Crippen LogP contribution in [-0.4, -0.2) is 211 Å². The van der Waals surface area contributed by atoms with Crippen molar-refractivity contribution in [2.45, 2.75) is 230 Å². The van der Waals surface area contributed by atoms with E-state index >= 15 is 9.59 Å². The maximum atomic E-state index is 15.5. The van der Waals surface area contributed by atoms with Crippen LogP contribution < -0.4 is 5.73 Å². The second-order valence-corrected chi connectivity index (χ2v) is 34.9. The summed E-state index contributed by atoms with van der Waals surface area (Å²) in [4.78, 5) is 168. The van der Waals surface area contributed by atoms with Crippen LogP contribution in [0.15, 0.2) is 204 Å². The molecule has 2 aliphatic heterocycles. The van der Waals surface area contributed by atoms with E-state index in [1.807, 2.05) is 0 Å². The number of carbonyl (C=O) groups is 12. The van der Waals surface area contributed by atoms with Crippen molar-refractivity contribution < 1.29 is 141 Å². The Morgan fingerprint density at radius 2 is 0.794 bits per heavy atom. The Morgan fingerprint density at radius 1 is 0.460 bits per heavy atom. The van der Waals surface area contributed by atoms with Gasteiger partial charge in [0.1, 0.15) is 47.8 Å². The molecule has 2 saturated heterocycles. The Bertz CT molecular complexity index is 5200. The van der Waals surface area contributed by atoms with Gasteiger partial charge in [-0.25, -0.2) is 24.0 Å². The number of carbonyl (C=O) groups excluding carboxylic acids is 12. The topological polar surface area (TPSA) is 465 Å². The number of ketones is 3. The molecule has 30 nitrogen and oxygen atoms in total. The normalized spacial score (nSPS) is 31.4. The van der Waals surface area contributed by atoms with E-state index in [9.17, 15) is 73.5 Å². The van der Waals surface area contributed by atoms with Crippen molar-refractivity contribution in [3.8, 4) is 0 Å². The number of ether oxygens (including phenoxy) is 11. The quantitative estimate of drug-likeness (QED) is 0.0170. The van der Waals surface area contributed by atoms with E-state index in [2.05, 4.69) is 0 Å². The second-order valence-electron chi connectivity index (χ2n) is 34.9. The lowest BCUT2D eigenvalue weighted by Gasteiger charge is -2.67. The van der Waals surface area contributed by atoms with Gasteiger partial charge < -0.3 is 88.8 Å². The highest BCUT2D eigenvalue weighted by molar-refractivity contribution is 5.99. The fourth-order valence-corrected chi connectivity index (χ4v) is 20.5. The Hall–Kier alpha value is -11.3. The Morgan fingerprint density at radius 3 is 1.13 bits per heavy atom. The molecule has 2 heterocycles. The molecule has 126 heavy (non-hydrogen) atoms. The number of fused-ring (bicyclic) bond motifs is 10. The van der Waals surface area contributed by atoms with Gasteiger partial charge >= 0.3 is 53.7 Å². The van der Waals surface area contributed by atoms with E-state index in [0.29, 0.717) is 16.7 Å². The molecule has 0 spiro atoms. The summed E-state index contributed by atoms with van der Waals surface area (Å²) >= 11 is 0. The predicted molar refractivity (Wildman–Crippen MR) is 447 cm³/mol. The van der Waals surface area contributed by atoms with Crippen molar-refractivity contribution in [1.82, 2.24) is 0 Å². The van der Waals surface area contributed by atoms with Crippen LogP contribution in [0.3, 0.4) is 0 Å². The van der Waals surface area contributed by atoms with Crippen LogP contribution in [0.5, 0.6) is 0 Å². The van der Waals surface area contributed by atoms with Crippen molar-refractivity contribution in [3.05, 3.63) is 238 Å². The highest BCUT2D eigenvalue weighted by Crippen LogP contribution is 2.67. The number of hydrogen-bond donors (Lipinski definition) is 6. The van der Waals surface area contributed by atoms with E-state index < -0.39 is 219 Å². The minimum absolute atomic E-state index is 0. The van der Waals surface area contributed by atoms with Crippen LogP contribution in [0.2, 0.25) is 0 Å². The molecule has 4 saturated carbocycles. The lowest BCUT2D eigenvalue weighted by atomic mass is 9.44.